The number of sulfonamides is 1. The van der Waals surface area contributed by atoms with E-state index in [9.17, 15) is 13.2 Å². The third kappa shape index (κ3) is 5.43. The zero-order valence-electron chi connectivity index (χ0n) is 18.1. The Labute approximate surface area is 197 Å². The van der Waals surface area contributed by atoms with Crippen LogP contribution < -0.4 is 5.32 Å². The van der Waals surface area contributed by atoms with Crippen LogP contribution in [0.2, 0.25) is 5.15 Å². The second-order valence-electron chi connectivity index (χ2n) is 7.78. The van der Waals surface area contributed by atoms with E-state index < -0.39 is 15.9 Å². The van der Waals surface area contributed by atoms with Gasteiger partial charge in [-0.1, -0.05) is 30.2 Å². The Morgan fingerprint density at radius 1 is 1.18 bits per heavy atom. The van der Waals surface area contributed by atoms with Crippen molar-refractivity contribution in [2.24, 2.45) is 4.40 Å². The fourth-order valence-corrected chi connectivity index (χ4v) is 5.02. The highest BCUT2D eigenvalue weighted by Gasteiger charge is 2.19. The molecule has 10 heteroatoms. The van der Waals surface area contributed by atoms with Gasteiger partial charge in [-0.2, -0.15) is 8.42 Å². The molecule has 2 aromatic heterocycles. The summed E-state index contributed by atoms with van der Waals surface area (Å²) >= 11 is 6.19. The van der Waals surface area contributed by atoms with E-state index in [1.807, 2.05) is 30.1 Å². The first kappa shape index (κ1) is 23.0. The molecule has 8 nitrogen and oxygen atoms in total. The molecule has 0 radical (unpaired) electrons. The molecule has 33 heavy (non-hydrogen) atoms. The maximum Gasteiger partial charge on any atom is 0.284 e. The van der Waals surface area contributed by atoms with Gasteiger partial charge in [-0.05, 0) is 49.2 Å². The van der Waals surface area contributed by atoms with Gasteiger partial charge >= 0.3 is 0 Å². The summed E-state index contributed by atoms with van der Waals surface area (Å²) < 4.78 is 31.6. The van der Waals surface area contributed by atoms with Gasteiger partial charge in [0.25, 0.3) is 10.0 Å². The number of anilines is 1. The van der Waals surface area contributed by atoms with Crippen LogP contribution in [0.5, 0.6) is 0 Å². The largest absolute Gasteiger partial charge is 0.362 e. The maximum absolute atomic E-state index is 12.9. The number of amides is 1. The number of benzene rings is 1. The van der Waals surface area contributed by atoms with Gasteiger partial charge in [-0.3, -0.25) is 9.20 Å². The molecule has 1 aromatic carbocycles. The molecule has 0 bridgehead atoms. The average molecular weight is 486 g/mol. The summed E-state index contributed by atoms with van der Waals surface area (Å²) in [6, 6.07) is 11.6. The molecule has 1 aliphatic heterocycles. The topological polar surface area (TPSA) is 96.1 Å². The lowest BCUT2D eigenvalue weighted by atomic mass is 10.2. The molecule has 1 aliphatic rings. The monoisotopic (exact) mass is 485 g/mol. The van der Waals surface area contributed by atoms with Crippen LogP contribution in [-0.2, 0) is 14.8 Å². The number of carbonyl (C=O) groups excluding carboxylic acids is 1. The van der Waals surface area contributed by atoms with E-state index in [0.717, 1.165) is 25.8 Å². The number of halogens is 1. The lowest BCUT2D eigenvalue weighted by Crippen LogP contribution is -2.26. The van der Waals surface area contributed by atoms with E-state index in [-0.39, 0.29) is 10.0 Å². The second-order valence-corrected chi connectivity index (χ2v) is 9.74. The van der Waals surface area contributed by atoms with Crippen LogP contribution in [0, 0.1) is 0 Å². The highest BCUT2D eigenvalue weighted by Crippen LogP contribution is 2.21. The third-order valence-electron chi connectivity index (χ3n) is 5.37. The molecular weight excluding hydrogens is 462 g/mol. The lowest BCUT2D eigenvalue weighted by Gasteiger charge is -2.17. The first-order valence-corrected chi connectivity index (χ1v) is 12.4. The van der Waals surface area contributed by atoms with Gasteiger partial charge in [0.15, 0.2) is 5.15 Å². The minimum absolute atomic E-state index is 0.0271. The molecule has 0 atom stereocenters. The van der Waals surface area contributed by atoms with E-state index >= 15 is 0 Å². The first-order chi connectivity index (χ1) is 15.8. The van der Waals surface area contributed by atoms with Crippen molar-refractivity contribution in [3.63, 3.8) is 0 Å². The molecule has 0 unspecified atom stereocenters. The van der Waals surface area contributed by atoms with Crippen LogP contribution in [0.1, 0.15) is 31.4 Å². The molecular formula is C23H24ClN5O3S. The Kier molecular flexibility index (Phi) is 6.80. The van der Waals surface area contributed by atoms with Crippen LogP contribution >= 0.6 is 11.6 Å². The van der Waals surface area contributed by atoms with Crippen molar-refractivity contribution in [2.75, 3.05) is 18.9 Å². The molecule has 0 spiro atoms. The Bertz CT molecular complexity index is 1350. The quantitative estimate of drug-likeness (QED) is 0.545. The number of nitrogens with one attached hydrogen (secondary N) is 1. The minimum atomic E-state index is -3.90. The van der Waals surface area contributed by atoms with Gasteiger partial charge in [-0.25, -0.2) is 4.98 Å². The highest BCUT2D eigenvalue weighted by molar-refractivity contribution is 7.90. The van der Waals surface area contributed by atoms with Crippen LogP contribution in [0.25, 0.3) is 11.7 Å². The zero-order valence-corrected chi connectivity index (χ0v) is 19.7. The van der Waals surface area contributed by atoms with Crippen molar-refractivity contribution in [2.45, 2.75) is 30.6 Å². The average Bonchev–Trinajstić information content (AvgIpc) is 2.97. The zero-order chi connectivity index (χ0) is 23.4. The van der Waals surface area contributed by atoms with Crippen molar-refractivity contribution in [1.82, 2.24) is 14.3 Å². The number of likely N-dealkylation sites (tertiary alicyclic amines) is 1. The normalized spacial score (nSPS) is 16.4. The Morgan fingerprint density at radius 3 is 2.88 bits per heavy atom. The van der Waals surface area contributed by atoms with Gasteiger partial charge in [0.1, 0.15) is 11.5 Å². The van der Waals surface area contributed by atoms with Crippen molar-refractivity contribution in [3.05, 3.63) is 65.6 Å². The molecule has 1 saturated heterocycles. The summed E-state index contributed by atoms with van der Waals surface area (Å²) in [7, 11) is -2.04. The van der Waals surface area contributed by atoms with E-state index in [2.05, 4.69) is 14.7 Å². The summed E-state index contributed by atoms with van der Waals surface area (Å²) in [5.74, 6) is 0.135. The van der Waals surface area contributed by atoms with Crippen LogP contribution in [0.15, 0.2) is 64.0 Å². The standard InChI is InChI=1S/C23H24ClN5O3S/c1-28-14-5-2-3-11-21(28)27-33(31,32)18-9-7-8-17(16-18)25-22(30)13-12-19-23(24)26-20-10-4-6-15-29(19)20/h4,6-10,12-13,15-16H,2-3,5,11,14H2,1H3,(H,25,30)/b13-12+,27-21+. The second kappa shape index (κ2) is 9.76. The minimum Gasteiger partial charge on any atom is -0.362 e. The number of amidine groups is 1. The van der Waals surface area contributed by atoms with Gasteiger partial charge in [0.05, 0.1) is 10.6 Å². The molecule has 3 heterocycles. The lowest BCUT2D eigenvalue weighted by molar-refractivity contribution is -0.111. The summed E-state index contributed by atoms with van der Waals surface area (Å²) in [5, 5.41) is 2.96. The summed E-state index contributed by atoms with van der Waals surface area (Å²) in [5.41, 5.74) is 1.59. The van der Waals surface area contributed by atoms with Crippen molar-refractivity contribution in [3.8, 4) is 0 Å². The van der Waals surface area contributed by atoms with Crippen molar-refractivity contribution >= 4 is 50.8 Å². The summed E-state index contributed by atoms with van der Waals surface area (Å²) in [6.07, 6.45) is 8.30. The molecule has 172 valence electrons. The highest BCUT2D eigenvalue weighted by atomic mass is 35.5. The van der Waals surface area contributed by atoms with Crippen molar-refractivity contribution in [1.29, 1.82) is 0 Å². The number of pyridine rings is 1. The number of rotatable bonds is 5. The van der Waals surface area contributed by atoms with Crippen LogP contribution in [0.4, 0.5) is 5.69 Å². The number of nitrogens with zero attached hydrogens (tertiary/aromatic N) is 4. The number of hydrogen-bond donors (Lipinski definition) is 1. The van der Waals surface area contributed by atoms with E-state index in [1.54, 1.807) is 28.8 Å². The predicted molar refractivity (Wildman–Crippen MR) is 130 cm³/mol. The fourth-order valence-electron chi connectivity index (χ4n) is 3.64. The first-order valence-electron chi connectivity index (χ1n) is 10.6. The predicted octanol–water partition coefficient (Wildman–Crippen LogP) is 4.23. The van der Waals surface area contributed by atoms with Crippen LogP contribution in [0.3, 0.4) is 0 Å². The fraction of sp³-hybridized carbons (Fsp3) is 0.261. The van der Waals surface area contributed by atoms with E-state index in [1.165, 1.54) is 18.2 Å². The molecule has 0 aliphatic carbocycles. The molecule has 1 N–H and O–H groups in total. The number of carbonyl (C=O) groups is 1. The number of aromatic nitrogens is 2. The molecule has 3 aromatic rings. The van der Waals surface area contributed by atoms with Gasteiger partial charge in [0, 0.05) is 38.0 Å². The number of hydrogen-bond acceptors (Lipinski definition) is 4. The van der Waals surface area contributed by atoms with Gasteiger partial charge in [-0.15, -0.1) is 4.40 Å². The Hall–Kier alpha value is -3.17. The molecule has 0 saturated carbocycles. The van der Waals surface area contributed by atoms with Crippen molar-refractivity contribution < 1.29 is 13.2 Å². The summed E-state index contributed by atoms with van der Waals surface area (Å²) in [4.78, 5) is 18.6. The number of imidazole rings is 1. The Morgan fingerprint density at radius 2 is 2.03 bits per heavy atom. The SMILES string of the molecule is CN1CCCCC/C1=N\S(=O)(=O)c1cccc(NC(=O)/C=C/c2c(Cl)nc3ccccn23)c1. The third-order valence-corrected chi connectivity index (χ3v) is 6.95. The summed E-state index contributed by atoms with van der Waals surface area (Å²) in [6.45, 7) is 0.785. The molecule has 1 fully saturated rings. The smallest absolute Gasteiger partial charge is 0.284 e. The Balaban J connectivity index is 1.51. The molecule has 1 amide bonds. The van der Waals surface area contributed by atoms with Gasteiger partial charge in [0.2, 0.25) is 5.91 Å². The number of fused-ring (bicyclic) bond motifs is 1. The van der Waals surface area contributed by atoms with Gasteiger partial charge < -0.3 is 10.2 Å². The van der Waals surface area contributed by atoms with E-state index in [0.29, 0.717) is 29.3 Å². The molecule has 4 rings (SSSR count). The van der Waals surface area contributed by atoms with E-state index in [4.69, 9.17) is 11.6 Å². The maximum atomic E-state index is 12.9. The van der Waals surface area contributed by atoms with Crippen LogP contribution in [-0.4, -0.2) is 48.0 Å².